The Hall–Kier alpha value is -3.60. The second kappa shape index (κ2) is 9.70. The molecule has 0 amide bonds. The first-order valence-corrected chi connectivity index (χ1v) is 12.7. The molecule has 2 aromatic heterocycles. The third kappa shape index (κ3) is 4.52. The highest BCUT2D eigenvalue weighted by Crippen LogP contribution is 2.39. The van der Waals surface area contributed by atoms with Crippen molar-refractivity contribution in [3.05, 3.63) is 30.6 Å². The van der Waals surface area contributed by atoms with E-state index in [0.29, 0.717) is 34.5 Å². The molecule has 6 rings (SSSR count). The number of nitrogens with zero attached hydrogens (tertiary/aromatic N) is 6. The van der Waals surface area contributed by atoms with Gasteiger partial charge in [-0.3, -0.25) is 0 Å². The van der Waals surface area contributed by atoms with Gasteiger partial charge in [-0.15, -0.1) is 10.2 Å². The van der Waals surface area contributed by atoms with Gasteiger partial charge < -0.3 is 24.8 Å². The van der Waals surface area contributed by atoms with Gasteiger partial charge in [0.2, 0.25) is 0 Å². The van der Waals surface area contributed by atoms with E-state index in [4.69, 9.17) is 9.47 Å². The van der Waals surface area contributed by atoms with Crippen LogP contribution in [0.2, 0.25) is 0 Å². The second-order valence-electron chi connectivity index (χ2n) is 9.93. The van der Waals surface area contributed by atoms with Crippen molar-refractivity contribution < 1.29 is 19.0 Å². The molecule has 3 fully saturated rings. The van der Waals surface area contributed by atoms with Crippen molar-refractivity contribution in [1.82, 2.24) is 30.5 Å². The van der Waals surface area contributed by atoms with Crippen LogP contribution in [0.4, 0.5) is 10.2 Å². The lowest BCUT2D eigenvalue weighted by Crippen LogP contribution is -2.62. The molecule has 10 nitrogen and oxygen atoms in total. The van der Waals surface area contributed by atoms with Gasteiger partial charge in [0.15, 0.2) is 11.6 Å². The van der Waals surface area contributed by atoms with Crippen LogP contribution in [0.1, 0.15) is 38.5 Å². The number of hydrogen-bond acceptors (Lipinski definition) is 10. The SMILES string of the molecule is COc1ncc(-c2ccc(-c3ncc(N(C4CC4)[C@@H]4C[C@@H]5CCC[C@H](N5)[C@@H]4F)nn3)c(O)c2)nc1OC. The monoisotopic (exact) mass is 507 g/mol. The van der Waals surface area contributed by atoms with Crippen LogP contribution in [0.15, 0.2) is 30.6 Å². The van der Waals surface area contributed by atoms with E-state index < -0.39 is 6.17 Å². The van der Waals surface area contributed by atoms with Gasteiger partial charge in [-0.2, -0.15) is 0 Å². The van der Waals surface area contributed by atoms with Crippen molar-refractivity contribution >= 4 is 5.82 Å². The normalized spacial score (nSPS) is 24.9. The lowest BCUT2D eigenvalue weighted by molar-refractivity contribution is 0.104. The summed E-state index contributed by atoms with van der Waals surface area (Å²) in [7, 11) is 2.98. The molecule has 0 unspecified atom stereocenters. The Labute approximate surface area is 214 Å². The molecule has 1 aliphatic carbocycles. The van der Waals surface area contributed by atoms with Gasteiger partial charge in [-0.05, 0) is 44.2 Å². The summed E-state index contributed by atoms with van der Waals surface area (Å²) in [4.78, 5) is 15.2. The van der Waals surface area contributed by atoms with E-state index >= 15 is 4.39 Å². The zero-order valence-corrected chi connectivity index (χ0v) is 20.8. The maximum atomic E-state index is 15.5. The smallest absolute Gasteiger partial charge is 0.278 e. The van der Waals surface area contributed by atoms with E-state index in [9.17, 15) is 5.11 Å². The fourth-order valence-electron chi connectivity index (χ4n) is 5.59. The largest absolute Gasteiger partial charge is 0.507 e. The van der Waals surface area contributed by atoms with Gasteiger partial charge in [0.1, 0.15) is 11.9 Å². The molecule has 4 atom stereocenters. The minimum atomic E-state index is -0.949. The van der Waals surface area contributed by atoms with Gasteiger partial charge in [-0.1, -0.05) is 12.5 Å². The predicted molar refractivity (Wildman–Crippen MR) is 134 cm³/mol. The molecule has 2 aliphatic heterocycles. The number of aromatic hydroxyl groups is 1. The molecule has 0 spiro atoms. The Bertz CT molecular complexity index is 1270. The van der Waals surface area contributed by atoms with Crippen LogP contribution >= 0.6 is 0 Å². The summed E-state index contributed by atoms with van der Waals surface area (Å²) in [6, 6.07) is 5.39. The number of hydrogen-bond donors (Lipinski definition) is 2. The Kier molecular flexibility index (Phi) is 6.23. The van der Waals surface area contributed by atoms with E-state index in [0.717, 1.165) is 38.5 Å². The summed E-state index contributed by atoms with van der Waals surface area (Å²) in [6.45, 7) is 0. The molecule has 4 heterocycles. The lowest BCUT2D eigenvalue weighted by atomic mass is 9.82. The number of aromatic nitrogens is 5. The topological polar surface area (TPSA) is 118 Å². The standard InChI is InChI=1S/C26H30FN7O3/c1-36-25-26(37-2)31-19(12-29-25)14-6-9-17(21(35)10-14)24-28-13-22(32-33-24)34(16-7-8-16)20-11-15-4-3-5-18(30-15)23(20)27/h6,9-10,12-13,15-16,18,20,23,30,35H,3-5,7-8,11H2,1-2H3/t15-,18-,20+,23-/m0/s1. The highest BCUT2D eigenvalue weighted by atomic mass is 19.1. The van der Waals surface area contributed by atoms with Crippen molar-refractivity contribution in [3.63, 3.8) is 0 Å². The number of nitrogens with one attached hydrogen (secondary N) is 1. The molecule has 1 aromatic carbocycles. The number of fused-ring (bicyclic) bond motifs is 2. The molecular weight excluding hydrogens is 477 g/mol. The molecule has 37 heavy (non-hydrogen) atoms. The van der Waals surface area contributed by atoms with Crippen molar-refractivity contribution in [2.75, 3.05) is 19.1 Å². The van der Waals surface area contributed by atoms with Crippen LogP contribution in [0, 0.1) is 0 Å². The molecule has 2 saturated heterocycles. The number of rotatable bonds is 7. The Morgan fingerprint density at radius 1 is 1.03 bits per heavy atom. The summed E-state index contributed by atoms with van der Waals surface area (Å²) < 4.78 is 25.8. The van der Waals surface area contributed by atoms with Gasteiger partial charge in [-0.25, -0.2) is 19.3 Å². The number of alkyl halides is 1. The minimum Gasteiger partial charge on any atom is -0.507 e. The molecule has 11 heteroatoms. The Morgan fingerprint density at radius 2 is 1.86 bits per heavy atom. The summed E-state index contributed by atoms with van der Waals surface area (Å²) in [6.07, 6.45) is 8.10. The van der Waals surface area contributed by atoms with Crippen molar-refractivity contribution in [2.24, 2.45) is 0 Å². The fraction of sp³-hybridized carbons (Fsp3) is 0.500. The van der Waals surface area contributed by atoms with E-state index in [-0.39, 0.29) is 35.6 Å². The van der Waals surface area contributed by atoms with Gasteiger partial charge >= 0.3 is 0 Å². The first kappa shape index (κ1) is 23.8. The molecule has 2 bridgehead atoms. The van der Waals surface area contributed by atoms with E-state index in [1.807, 2.05) is 0 Å². The second-order valence-corrected chi connectivity index (χ2v) is 9.93. The minimum absolute atomic E-state index is 0.0160. The summed E-state index contributed by atoms with van der Waals surface area (Å²) in [5.74, 6) is 1.40. The van der Waals surface area contributed by atoms with Gasteiger partial charge in [0.25, 0.3) is 11.8 Å². The predicted octanol–water partition coefficient (Wildman–Crippen LogP) is 3.31. The van der Waals surface area contributed by atoms with Crippen LogP contribution in [0.5, 0.6) is 17.5 Å². The zero-order chi connectivity index (χ0) is 25.5. The van der Waals surface area contributed by atoms with Gasteiger partial charge in [0.05, 0.1) is 43.9 Å². The number of phenols is 1. The number of benzene rings is 1. The number of halogens is 1. The first-order valence-electron chi connectivity index (χ1n) is 12.7. The third-order valence-electron chi connectivity index (χ3n) is 7.54. The van der Waals surface area contributed by atoms with Crippen LogP contribution in [-0.2, 0) is 0 Å². The average Bonchev–Trinajstić information content (AvgIpc) is 3.77. The van der Waals surface area contributed by atoms with E-state index in [1.54, 1.807) is 30.6 Å². The lowest BCUT2D eigenvalue weighted by Gasteiger charge is -2.47. The van der Waals surface area contributed by atoms with Crippen molar-refractivity contribution in [3.8, 4) is 40.2 Å². The quantitative estimate of drug-likeness (QED) is 0.493. The number of piperidine rings is 2. The zero-order valence-electron chi connectivity index (χ0n) is 20.8. The van der Waals surface area contributed by atoms with Crippen LogP contribution in [0.25, 0.3) is 22.6 Å². The summed E-state index contributed by atoms with van der Waals surface area (Å²) >= 11 is 0. The fourth-order valence-corrected chi connectivity index (χ4v) is 5.59. The highest BCUT2D eigenvalue weighted by Gasteiger charge is 2.46. The molecule has 1 saturated carbocycles. The van der Waals surface area contributed by atoms with Crippen LogP contribution in [0.3, 0.4) is 0 Å². The Morgan fingerprint density at radius 3 is 2.57 bits per heavy atom. The summed E-state index contributed by atoms with van der Waals surface area (Å²) in [5.41, 5.74) is 1.60. The van der Waals surface area contributed by atoms with Crippen LogP contribution < -0.4 is 19.7 Å². The van der Waals surface area contributed by atoms with Gasteiger partial charge in [0, 0.05) is 23.7 Å². The molecule has 2 N–H and O–H groups in total. The highest BCUT2D eigenvalue weighted by molar-refractivity contribution is 5.71. The summed E-state index contributed by atoms with van der Waals surface area (Å²) in [5, 5.41) is 23.0. The van der Waals surface area contributed by atoms with Crippen molar-refractivity contribution in [1.29, 1.82) is 0 Å². The number of anilines is 1. The van der Waals surface area contributed by atoms with E-state index in [1.165, 1.54) is 14.2 Å². The number of ether oxygens (including phenoxy) is 2. The maximum Gasteiger partial charge on any atom is 0.278 e. The first-order chi connectivity index (χ1) is 18.1. The van der Waals surface area contributed by atoms with Crippen molar-refractivity contribution in [2.45, 2.75) is 68.9 Å². The molecule has 194 valence electrons. The molecular formula is C26H30FN7O3. The number of phenolic OH excluding ortho intramolecular Hbond substituents is 1. The third-order valence-corrected chi connectivity index (χ3v) is 7.54. The molecule has 3 aromatic rings. The molecule has 3 aliphatic rings. The maximum absolute atomic E-state index is 15.5. The molecule has 0 radical (unpaired) electrons. The Balaban J connectivity index is 1.25. The van der Waals surface area contributed by atoms with E-state index in [2.05, 4.69) is 35.4 Å². The van der Waals surface area contributed by atoms with Crippen LogP contribution in [-0.4, -0.2) is 74.8 Å². The number of methoxy groups -OCH3 is 2. The average molecular weight is 508 g/mol.